The summed E-state index contributed by atoms with van der Waals surface area (Å²) in [5.74, 6) is 1.75. The molecule has 1 N–H and O–H groups in total. The van der Waals surface area contributed by atoms with Gasteiger partial charge >= 0.3 is 5.97 Å². The fourth-order valence-corrected chi connectivity index (χ4v) is 1.22. The normalized spacial score (nSPS) is 10.2. The number of terminal acetylenes is 1. The predicted octanol–water partition coefficient (Wildman–Crippen LogP) is 2.99. The minimum atomic E-state index is -0.693. The maximum Gasteiger partial charge on any atom is 0.303 e. The molecule has 0 bridgehead atoms. The highest BCUT2D eigenvalue weighted by atomic mass is 16.4. The van der Waals surface area contributed by atoms with Gasteiger partial charge in [0.1, 0.15) is 0 Å². The first-order valence-electron chi connectivity index (χ1n) is 5.10. The fourth-order valence-electron chi connectivity index (χ4n) is 1.22. The molecule has 0 radical (unpaired) electrons. The molecule has 14 heavy (non-hydrogen) atoms. The predicted molar refractivity (Wildman–Crippen MR) is 57.9 cm³/mol. The topological polar surface area (TPSA) is 37.3 Å². The van der Waals surface area contributed by atoms with E-state index in [2.05, 4.69) is 5.92 Å². The van der Waals surface area contributed by atoms with Crippen molar-refractivity contribution < 1.29 is 9.90 Å². The van der Waals surface area contributed by atoms with Crippen LogP contribution in [-0.2, 0) is 4.79 Å². The fraction of sp³-hybridized carbons (Fsp3) is 0.583. The molecule has 0 rings (SSSR count). The Morgan fingerprint density at radius 2 is 1.86 bits per heavy atom. The van der Waals surface area contributed by atoms with Crippen molar-refractivity contribution in [1.29, 1.82) is 0 Å². The molecule has 0 aliphatic rings. The van der Waals surface area contributed by atoms with Crippen LogP contribution in [0, 0.1) is 12.3 Å². The van der Waals surface area contributed by atoms with Crippen LogP contribution in [0.3, 0.4) is 0 Å². The van der Waals surface area contributed by atoms with Gasteiger partial charge in [0.25, 0.3) is 0 Å². The summed E-state index contributed by atoms with van der Waals surface area (Å²) in [6.07, 6.45) is 15.3. The van der Waals surface area contributed by atoms with Crippen molar-refractivity contribution in [2.45, 2.75) is 44.9 Å². The molecule has 0 aromatic carbocycles. The van der Waals surface area contributed by atoms with Crippen LogP contribution in [0.25, 0.3) is 0 Å². The second-order valence-electron chi connectivity index (χ2n) is 3.27. The minimum Gasteiger partial charge on any atom is -0.481 e. The quantitative estimate of drug-likeness (QED) is 0.476. The zero-order valence-corrected chi connectivity index (χ0v) is 8.54. The average Bonchev–Trinajstić information content (AvgIpc) is 2.15. The summed E-state index contributed by atoms with van der Waals surface area (Å²) in [6.45, 7) is 0. The zero-order valence-electron chi connectivity index (χ0n) is 8.54. The number of hydrogen-bond acceptors (Lipinski definition) is 1. The SMILES string of the molecule is C#C/C=C/CCCCCCCC(=O)O. The number of allylic oxidation sites excluding steroid dienone is 2. The molecular weight excluding hydrogens is 176 g/mol. The van der Waals surface area contributed by atoms with Gasteiger partial charge in [-0.15, -0.1) is 6.42 Å². The number of aliphatic carboxylic acids is 1. The van der Waals surface area contributed by atoms with Crippen molar-refractivity contribution in [3.8, 4) is 12.3 Å². The lowest BCUT2D eigenvalue weighted by Crippen LogP contribution is -1.93. The molecule has 0 unspecified atom stereocenters. The van der Waals surface area contributed by atoms with E-state index in [0.717, 1.165) is 38.5 Å². The van der Waals surface area contributed by atoms with Crippen LogP contribution in [0.15, 0.2) is 12.2 Å². The smallest absolute Gasteiger partial charge is 0.303 e. The van der Waals surface area contributed by atoms with Gasteiger partial charge in [0.05, 0.1) is 0 Å². The highest BCUT2D eigenvalue weighted by Crippen LogP contribution is 2.07. The first-order chi connectivity index (χ1) is 6.77. The van der Waals surface area contributed by atoms with E-state index in [-0.39, 0.29) is 0 Å². The van der Waals surface area contributed by atoms with Crippen molar-refractivity contribution in [2.24, 2.45) is 0 Å². The van der Waals surface area contributed by atoms with Gasteiger partial charge in [0, 0.05) is 6.42 Å². The largest absolute Gasteiger partial charge is 0.481 e. The van der Waals surface area contributed by atoms with Crippen LogP contribution >= 0.6 is 0 Å². The maximum absolute atomic E-state index is 10.2. The lowest BCUT2D eigenvalue weighted by atomic mass is 10.1. The Morgan fingerprint density at radius 3 is 2.50 bits per heavy atom. The summed E-state index contributed by atoms with van der Waals surface area (Å²) in [5, 5.41) is 8.39. The van der Waals surface area contributed by atoms with Crippen LogP contribution in [0.5, 0.6) is 0 Å². The lowest BCUT2D eigenvalue weighted by Gasteiger charge is -1.97. The van der Waals surface area contributed by atoms with Crippen molar-refractivity contribution in [3.05, 3.63) is 12.2 Å². The molecule has 0 spiro atoms. The Hall–Kier alpha value is -1.23. The van der Waals surface area contributed by atoms with Gasteiger partial charge in [-0.25, -0.2) is 0 Å². The van der Waals surface area contributed by atoms with Gasteiger partial charge in [0.15, 0.2) is 0 Å². The number of unbranched alkanes of at least 4 members (excludes halogenated alkanes) is 5. The summed E-state index contributed by atoms with van der Waals surface area (Å²) in [7, 11) is 0. The summed E-state index contributed by atoms with van der Waals surface area (Å²) in [4.78, 5) is 10.2. The molecule has 0 aliphatic heterocycles. The van der Waals surface area contributed by atoms with Crippen LogP contribution in [0.2, 0.25) is 0 Å². The zero-order chi connectivity index (χ0) is 10.6. The van der Waals surface area contributed by atoms with Crippen LogP contribution < -0.4 is 0 Å². The van der Waals surface area contributed by atoms with Gasteiger partial charge in [-0.05, 0) is 25.3 Å². The second-order valence-corrected chi connectivity index (χ2v) is 3.27. The standard InChI is InChI=1S/C12H18O2/c1-2-3-4-5-6-7-8-9-10-11-12(13)14/h1,3-4H,5-11H2,(H,13,14)/b4-3+. The monoisotopic (exact) mass is 194 g/mol. The first kappa shape index (κ1) is 12.8. The van der Waals surface area contributed by atoms with Gasteiger partial charge < -0.3 is 5.11 Å². The van der Waals surface area contributed by atoms with E-state index in [1.807, 2.05) is 6.08 Å². The second kappa shape index (κ2) is 9.85. The molecule has 0 atom stereocenters. The van der Waals surface area contributed by atoms with Crippen molar-refractivity contribution in [2.75, 3.05) is 0 Å². The number of rotatable bonds is 8. The third-order valence-corrected chi connectivity index (χ3v) is 1.98. The Bertz CT molecular complexity index is 211. The number of hydrogen-bond donors (Lipinski definition) is 1. The molecule has 0 saturated carbocycles. The molecule has 0 aromatic heterocycles. The van der Waals surface area contributed by atoms with E-state index in [0.29, 0.717) is 6.42 Å². The summed E-state index contributed by atoms with van der Waals surface area (Å²) in [6, 6.07) is 0. The Kier molecular flexibility index (Phi) is 8.99. The summed E-state index contributed by atoms with van der Waals surface area (Å²) >= 11 is 0. The molecule has 78 valence electrons. The lowest BCUT2D eigenvalue weighted by molar-refractivity contribution is -0.137. The Morgan fingerprint density at radius 1 is 1.21 bits per heavy atom. The van der Waals surface area contributed by atoms with E-state index < -0.39 is 5.97 Å². The molecule has 2 nitrogen and oxygen atoms in total. The number of carboxylic acid groups (broad SMARTS) is 1. The first-order valence-corrected chi connectivity index (χ1v) is 5.10. The van der Waals surface area contributed by atoms with Crippen LogP contribution in [-0.4, -0.2) is 11.1 Å². The van der Waals surface area contributed by atoms with E-state index in [1.54, 1.807) is 6.08 Å². The molecule has 2 heteroatoms. The van der Waals surface area contributed by atoms with Crippen LogP contribution in [0.1, 0.15) is 44.9 Å². The maximum atomic E-state index is 10.2. The van der Waals surface area contributed by atoms with Crippen molar-refractivity contribution >= 4 is 5.97 Å². The van der Waals surface area contributed by atoms with Gasteiger partial charge in [-0.1, -0.05) is 31.3 Å². The van der Waals surface area contributed by atoms with Gasteiger partial charge in [-0.2, -0.15) is 0 Å². The molecule has 0 aromatic rings. The third kappa shape index (κ3) is 10.8. The van der Waals surface area contributed by atoms with E-state index in [9.17, 15) is 4.79 Å². The van der Waals surface area contributed by atoms with Crippen molar-refractivity contribution in [1.82, 2.24) is 0 Å². The highest BCUT2D eigenvalue weighted by Gasteiger charge is 1.95. The molecular formula is C12H18O2. The number of carboxylic acids is 1. The van der Waals surface area contributed by atoms with Crippen LogP contribution in [0.4, 0.5) is 0 Å². The molecule has 0 amide bonds. The van der Waals surface area contributed by atoms with E-state index in [1.165, 1.54) is 0 Å². The van der Waals surface area contributed by atoms with Crippen molar-refractivity contribution in [3.63, 3.8) is 0 Å². The summed E-state index contributed by atoms with van der Waals surface area (Å²) < 4.78 is 0. The van der Waals surface area contributed by atoms with Gasteiger partial charge in [0.2, 0.25) is 0 Å². The van der Waals surface area contributed by atoms with Gasteiger partial charge in [-0.3, -0.25) is 4.79 Å². The minimum absolute atomic E-state index is 0.303. The van der Waals surface area contributed by atoms with E-state index in [4.69, 9.17) is 11.5 Å². The highest BCUT2D eigenvalue weighted by molar-refractivity contribution is 5.66. The summed E-state index contributed by atoms with van der Waals surface area (Å²) in [5.41, 5.74) is 0. The van der Waals surface area contributed by atoms with E-state index >= 15 is 0 Å². The Balaban J connectivity index is 3.03. The number of carbonyl (C=O) groups is 1. The molecule has 0 heterocycles. The Labute approximate surface area is 86.0 Å². The average molecular weight is 194 g/mol. The molecule has 0 saturated heterocycles. The third-order valence-electron chi connectivity index (χ3n) is 1.98. The molecule has 0 aliphatic carbocycles. The molecule has 0 fully saturated rings.